The number of nitrogens with one attached hydrogen (secondary N) is 1. The lowest BCUT2D eigenvalue weighted by molar-refractivity contribution is 0.0695. The molecule has 1 amide bonds. The van der Waals surface area contributed by atoms with Crippen molar-refractivity contribution < 1.29 is 24.2 Å². The number of hydrogen-bond donors (Lipinski definition) is 2. The molecular formula is C26H28N2O5. The summed E-state index contributed by atoms with van der Waals surface area (Å²) in [6.07, 6.45) is 6.88. The zero-order valence-corrected chi connectivity index (χ0v) is 18.8. The van der Waals surface area contributed by atoms with Crippen LogP contribution in [0, 0.1) is 11.8 Å². The van der Waals surface area contributed by atoms with Gasteiger partial charge in [0.15, 0.2) is 0 Å². The van der Waals surface area contributed by atoms with Gasteiger partial charge in [-0.2, -0.15) is 0 Å². The van der Waals surface area contributed by atoms with E-state index in [1.165, 1.54) is 26.4 Å². The maximum atomic E-state index is 12.5. The van der Waals surface area contributed by atoms with Crippen molar-refractivity contribution in [2.24, 2.45) is 18.9 Å². The quantitative estimate of drug-likeness (QED) is 0.540. The third kappa shape index (κ3) is 4.15. The number of carbonyl (C=O) groups is 2. The Bertz CT molecular complexity index is 1230. The lowest BCUT2D eigenvalue weighted by atomic mass is 9.98. The molecule has 2 saturated carbocycles. The molecule has 2 aliphatic carbocycles. The van der Waals surface area contributed by atoms with Gasteiger partial charge in [0.2, 0.25) is 0 Å². The van der Waals surface area contributed by atoms with E-state index in [4.69, 9.17) is 9.47 Å². The first-order valence-electron chi connectivity index (χ1n) is 11.4. The van der Waals surface area contributed by atoms with E-state index < -0.39 is 12.1 Å². The van der Waals surface area contributed by atoms with E-state index in [9.17, 15) is 14.7 Å². The molecule has 0 spiro atoms. The van der Waals surface area contributed by atoms with Gasteiger partial charge in [-0.3, -0.25) is 5.32 Å². The zero-order chi connectivity index (χ0) is 23.1. The molecule has 2 bridgehead atoms. The second-order valence-corrected chi connectivity index (χ2v) is 9.25. The van der Waals surface area contributed by atoms with Gasteiger partial charge in [0.25, 0.3) is 0 Å². The van der Waals surface area contributed by atoms with Crippen LogP contribution in [0.5, 0.6) is 5.75 Å². The summed E-state index contributed by atoms with van der Waals surface area (Å²) in [6, 6.07) is 10.7. The van der Waals surface area contributed by atoms with Crippen LogP contribution in [0.4, 0.5) is 10.5 Å². The van der Waals surface area contributed by atoms with Crippen molar-refractivity contribution in [2.75, 3.05) is 12.4 Å². The average molecular weight is 449 g/mol. The van der Waals surface area contributed by atoms with E-state index in [1.54, 1.807) is 18.2 Å². The Kier molecular flexibility index (Phi) is 5.48. The van der Waals surface area contributed by atoms with Gasteiger partial charge in [0.05, 0.1) is 12.7 Å². The summed E-state index contributed by atoms with van der Waals surface area (Å²) in [5.41, 5.74) is 3.87. The van der Waals surface area contributed by atoms with Crippen molar-refractivity contribution in [1.82, 2.24) is 4.57 Å². The highest BCUT2D eigenvalue weighted by Crippen LogP contribution is 2.46. The molecule has 3 aromatic rings. The number of aromatic carboxylic acids is 1. The Balaban J connectivity index is 1.36. The predicted molar refractivity (Wildman–Crippen MR) is 125 cm³/mol. The number of anilines is 1. The standard InChI is InChI=1S/C26H28N2O5/c1-28-14-19(11-17-5-6-18(25(29)30)12-23(17)32-2)21-13-20(7-8-22(21)28)27-26(31)33-24-10-15-3-4-16(24)9-15/h5-8,12-16,24H,3-4,9-11H2,1-2H3,(H,27,31)(H,29,30). The third-order valence-corrected chi connectivity index (χ3v) is 7.16. The molecule has 7 heteroatoms. The molecule has 7 nitrogen and oxygen atoms in total. The maximum Gasteiger partial charge on any atom is 0.411 e. The van der Waals surface area contributed by atoms with E-state index in [-0.39, 0.29) is 11.7 Å². The average Bonchev–Trinajstić information content (AvgIpc) is 3.49. The number of fused-ring (bicyclic) bond motifs is 3. The van der Waals surface area contributed by atoms with E-state index in [2.05, 4.69) is 5.32 Å². The smallest absolute Gasteiger partial charge is 0.411 e. The van der Waals surface area contributed by atoms with Gasteiger partial charge < -0.3 is 19.1 Å². The van der Waals surface area contributed by atoms with Gasteiger partial charge in [-0.1, -0.05) is 6.07 Å². The maximum absolute atomic E-state index is 12.5. The molecule has 2 fully saturated rings. The number of ether oxygens (including phenoxy) is 2. The number of hydrogen-bond acceptors (Lipinski definition) is 4. The van der Waals surface area contributed by atoms with E-state index in [0.717, 1.165) is 34.4 Å². The highest BCUT2D eigenvalue weighted by atomic mass is 16.6. The summed E-state index contributed by atoms with van der Waals surface area (Å²) in [6.45, 7) is 0. The molecule has 5 rings (SSSR count). The van der Waals surface area contributed by atoms with Crippen molar-refractivity contribution in [3.05, 3.63) is 59.3 Å². The summed E-state index contributed by atoms with van der Waals surface area (Å²) in [5, 5.41) is 13.2. The number of methoxy groups -OCH3 is 1. The van der Waals surface area contributed by atoms with Gasteiger partial charge in [0, 0.05) is 36.3 Å². The van der Waals surface area contributed by atoms with E-state index in [0.29, 0.717) is 23.8 Å². The zero-order valence-electron chi connectivity index (χ0n) is 18.8. The van der Waals surface area contributed by atoms with Crippen molar-refractivity contribution in [3.63, 3.8) is 0 Å². The Morgan fingerprint density at radius 2 is 1.97 bits per heavy atom. The number of amides is 1. The number of carboxylic acid groups (broad SMARTS) is 1. The molecule has 1 heterocycles. The van der Waals surface area contributed by atoms with Crippen molar-refractivity contribution in [3.8, 4) is 5.75 Å². The van der Waals surface area contributed by atoms with Crippen molar-refractivity contribution in [1.29, 1.82) is 0 Å². The normalized spacial score (nSPS) is 21.3. The van der Waals surface area contributed by atoms with E-state index in [1.807, 2.05) is 36.0 Å². The molecule has 0 radical (unpaired) electrons. The lowest BCUT2D eigenvalue weighted by Gasteiger charge is -2.22. The van der Waals surface area contributed by atoms with Crippen LogP contribution < -0.4 is 10.1 Å². The summed E-state index contributed by atoms with van der Waals surface area (Å²) in [5.74, 6) is 0.790. The molecule has 2 N–H and O–H groups in total. The largest absolute Gasteiger partial charge is 0.496 e. The number of rotatable bonds is 6. The van der Waals surface area contributed by atoms with Crippen LogP contribution in [-0.2, 0) is 18.2 Å². The number of carboxylic acids is 1. The van der Waals surface area contributed by atoms with Gasteiger partial charge in [-0.25, -0.2) is 9.59 Å². The number of nitrogens with zero attached hydrogens (tertiary/aromatic N) is 1. The molecule has 3 unspecified atom stereocenters. The fourth-order valence-corrected chi connectivity index (χ4v) is 5.54. The number of carbonyl (C=O) groups excluding carboxylic acids is 1. The minimum Gasteiger partial charge on any atom is -0.496 e. The fraction of sp³-hybridized carbons (Fsp3) is 0.385. The van der Waals surface area contributed by atoms with Crippen LogP contribution in [0.3, 0.4) is 0 Å². The minimum atomic E-state index is -0.988. The van der Waals surface area contributed by atoms with Crippen LogP contribution in [-0.4, -0.2) is 34.9 Å². The number of aromatic nitrogens is 1. The van der Waals surface area contributed by atoms with Crippen LogP contribution in [0.1, 0.15) is 47.2 Å². The summed E-state index contributed by atoms with van der Waals surface area (Å²) in [4.78, 5) is 23.8. The fourth-order valence-electron chi connectivity index (χ4n) is 5.54. The first-order valence-corrected chi connectivity index (χ1v) is 11.4. The number of aryl methyl sites for hydroxylation is 1. The molecule has 0 aliphatic heterocycles. The van der Waals surface area contributed by atoms with Crippen LogP contribution in [0.15, 0.2) is 42.6 Å². The van der Waals surface area contributed by atoms with Gasteiger partial charge >= 0.3 is 12.1 Å². The number of benzene rings is 2. The summed E-state index contributed by atoms with van der Waals surface area (Å²) >= 11 is 0. The highest BCUT2D eigenvalue weighted by Gasteiger charge is 2.41. The molecule has 3 atom stereocenters. The Morgan fingerprint density at radius 1 is 1.12 bits per heavy atom. The summed E-state index contributed by atoms with van der Waals surface area (Å²) < 4.78 is 13.2. The minimum absolute atomic E-state index is 0.0426. The first-order chi connectivity index (χ1) is 15.9. The Morgan fingerprint density at radius 3 is 2.67 bits per heavy atom. The van der Waals surface area contributed by atoms with Crippen molar-refractivity contribution >= 4 is 28.7 Å². The predicted octanol–water partition coefficient (Wildman–Crippen LogP) is 5.21. The lowest BCUT2D eigenvalue weighted by Crippen LogP contribution is -2.26. The molecule has 2 aromatic carbocycles. The molecule has 2 aliphatic rings. The van der Waals surface area contributed by atoms with Crippen LogP contribution in [0.25, 0.3) is 10.9 Å². The van der Waals surface area contributed by atoms with Crippen molar-refractivity contribution in [2.45, 2.75) is 38.2 Å². The topological polar surface area (TPSA) is 89.8 Å². The van der Waals surface area contributed by atoms with Gasteiger partial charge in [-0.05, 0) is 79.0 Å². The third-order valence-electron chi connectivity index (χ3n) is 7.16. The summed E-state index contributed by atoms with van der Waals surface area (Å²) in [7, 11) is 3.52. The molecule has 1 aromatic heterocycles. The Hall–Kier alpha value is -3.48. The molecule has 33 heavy (non-hydrogen) atoms. The Labute approximate surface area is 192 Å². The van der Waals surface area contributed by atoms with Gasteiger partial charge in [-0.15, -0.1) is 0 Å². The molecule has 0 saturated heterocycles. The molecule has 172 valence electrons. The van der Waals surface area contributed by atoms with Crippen LogP contribution in [0.2, 0.25) is 0 Å². The van der Waals surface area contributed by atoms with E-state index >= 15 is 0 Å². The van der Waals surface area contributed by atoms with Crippen LogP contribution >= 0.6 is 0 Å². The molecular weight excluding hydrogens is 420 g/mol. The first kappa shape index (κ1) is 21.4. The monoisotopic (exact) mass is 448 g/mol. The second-order valence-electron chi connectivity index (χ2n) is 9.25. The highest BCUT2D eigenvalue weighted by molar-refractivity contribution is 5.92. The second kappa shape index (κ2) is 8.46. The SMILES string of the molecule is COc1cc(C(=O)O)ccc1Cc1cn(C)c2ccc(NC(=O)OC3CC4CCC3C4)cc12. The van der Waals surface area contributed by atoms with Gasteiger partial charge in [0.1, 0.15) is 11.9 Å².